The molecule has 0 aliphatic carbocycles. The van der Waals surface area contributed by atoms with E-state index in [0.717, 1.165) is 36.3 Å². The Morgan fingerprint density at radius 3 is 2.50 bits per heavy atom. The van der Waals surface area contributed by atoms with Crippen molar-refractivity contribution in [2.24, 2.45) is 0 Å². The summed E-state index contributed by atoms with van der Waals surface area (Å²) < 4.78 is 27.4. The number of nitrogens with one attached hydrogen (secondary N) is 1. The summed E-state index contributed by atoms with van der Waals surface area (Å²) in [6.45, 7) is 5.58. The predicted molar refractivity (Wildman–Crippen MR) is 123 cm³/mol. The van der Waals surface area contributed by atoms with Gasteiger partial charge in [0.05, 0.1) is 4.90 Å². The number of carbonyl (C=O) groups excluding carboxylic acids is 1. The lowest BCUT2D eigenvalue weighted by atomic mass is 10.1. The molecule has 2 aromatic rings. The van der Waals surface area contributed by atoms with Crippen molar-refractivity contribution in [1.29, 1.82) is 0 Å². The molecule has 2 aromatic carbocycles. The van der Waals surface area contributed by atoms with E-state index in [4.69, 9.17) is 0 Å². The minimum Gasteiger partial charge on any atom is -0.351 e. The Bertz CT molecular complexity index is 984. The highest BCUT2D eigenvalue weighted by Gasteiger charge is 2.27. The Balaban J connectivity index is 1.57. The first-order chi connectivity index (χ1) is 14.4. The smallest absolute Gasteiger partial charge is 0.251 e. The second-order valence-corrected chi connectivity index (χ2v) is 10.7. The Morgan fingerprint density at radius 2 is 1.77 bits per heavy atom. The van der Waals surface area contributed by atoms with Crippen LogP contribution in [0.2, 0.25) is 0 Å². The first-order valence-corrected chi connectivity index (χ1v) is 13.0. The van der Waals surface area contributed by atoms with Crippen LogP contribution in [-0.4, -0.2) is 44.0 Å². The third kappa shape index (κ3) is 5.65. The lowest BCUT2D eigenvalue weighted by Crippen LogP contribution is -2.35. The third-order valence-electron chi connectivity index (χ3n) is 5.46. The van der Waals surface area contributed by atoms with Crippen molar-refractivity contribution >= 4 is 27.7 Å². The molecule has 0 bridgehead atoms. The molecule has 162 valence electrons. The molecule has 0 aromatic heterocycles. The van der Waals surface area contributed by atoms with Crippen molar-refractivity contribution in [3.05, 3.63) is 64.7 Å². The van der Waals surface area contributed by atoms with Crippen LogP contribution in [0.15, 0.2) is 47.4 Å². The lowest BCUT2D eigenvalue weighted by molar-refractivity contribution is 0.0955. The van der Waals surface area contributed by atoms with Gasteiger partial charge in [0.2, 0.25) is 10.0 Å². The molecule has 1 aliphatic heterocycles. The van der Waals surface area contributed by atoms with E-state index in [1.165, 1.54) is 21.5 Å². The number of rotatable bonds is 8. The van der Waals surface area contributed by atoms with Crippen molar-refractivity contribution in [3.63, 3.8) is 0 Å². The number of hydrogen-bond acceptors (Lipinski definition) is 4. The van der Waals surface area contributed by atoms with Crippen LogP contribution >= 0.6 is 11.8 Å². The summed E-state index contributed by atoms with van der Waals surface area (Å²) in [7, 11) is -3.55. The van der Waals surface area contributed by atoms with Crippen LogP contribution in [0, 0.1) is 13.8 Å². The SMILES string of the molecule is Cc1ccccc1CSCCNC(=O)c1cc(S(=O)(=O)N2CCCCC2)ccc1C. The van der Waals surface area contributed by atoms with Crippen molar-refractivity contribution < 1.29 is 13.2 Å². The average Bonchev–Trinajstić information content (AvgIpc) is 2.75. The number of sulfonamides is 1. The zero-order valence-electron chi connectivity index (χ0n) is 17.7. The first kappa shape index (κ1) is 22.8. The van der Waals surface area contributed by atoms with E-state index in [1.54, 1.807) is 23.9 Å². The van der Waals surface area contributed by atoms with Crippen LogP contribution in [0.1, 0.15) is 46.3 Å². The minimum atomic E-state index is -3.55. The number of thioether (sulfide) groups is 1. The number of aryl methyl sites for hydroxylation is 2. The summed E-state index contributed by atoms with van der Waals surface area (Å²) in [4.78, 5) is 12.9. The Morgan fingerprint density at radius 1 is 1.03 bits per heavy atom. The largest absolute Gasteiger partial charge is 0.351 e. The Hall–Kier alpha value is -1.83. The van der Waals surface area contributed by atoms with Gasteiger partial charge in [-0.15, -0.1) is 0 Å². The van der Waals surface area contributed by atoms with E-state index in [-0.39, 0.29) is 10.8 Å². The first-order valence-electron chi connectivity index (χ1n) is 10.4. The highest BCUT2D eigenvalue weighted by atomic mass is 32.2. The van der Waals surface area contributed by atoms with E-state index < -0.39 is 10.0 Å². The molecule has 3 rings (SSSR count). The summed E-state index contributed by atoms with van der Waals surface area (Å²) in [5.41, 5.74) is 3.78. The van der Waals surface area contributed by atoms with E-state index in [0.29, 0.717) is 25.2 Å². The van der Waals surface area contributed by atoms with Gasteiger partial charge < -0.3 is 5.32 Å². The summed E-state index contributed by atoms with van der Waals surface area (Å²) in [6.07, 6.45) is 2.84. The van der Waals surface area contributed by atoms with Crippen molar-refractivity contribution in [2.75, 3.05) is 25.4 Å². The molecular formula is C23H30N2O3S2. The standard InChI is InChI=1S/C23H30N2O3S2/c1-18-8-4-5-9-20(18)17-29-15-12-24-23(26)22-16-21(11-10-19(22)2)30(27,28)25-13-6-3-7-14-25/h4-5,8-11,16H,3,6-7,12-15,17H2,1-2H3,(H,24,26). The Kier molecular flexibility index (Phi) is 7.97. The number of amides is 1. The van der Waals surface area contributed by atoms with Gasteiger partial charge in [0.15, 0.2) is 0 Å². The summed E-state index contributed by atoms with van der Waals surface area (Å²) in [6, 6.07) is 13.1. The molecule has 0 spiro atoms. The zero-order chi connectivity index (χ0) is 21.6. The molecule has 5 nitrogen and oxygen atoms in total. The van der Waals surface area contributed by atoms with Crippen LogP contribution in [0.4, 0.5) is 0 Å². The zero-order valence-corrected chi connectivity index (χ0v) is 19.3. The molecule has 0 unspecified atom stereocenters. The van der Waals surface area contributed by atoms with Crippen molar-refractivity contribution in [1.82, 2.24) is 9.62 Å². The van der Waals surface area contributed by atoms with E-state index in [1.807, 2.05) is 19.1 Å². The van der Waals surface area contributed by atoms with Gasteiger partial charge in [0.25, 0.3) is 5.91 Å². The van der Waals surface area contributed by atoms with Gasteiger partial charge in [0.1, 0.15) is 0 Å². The van der Waals surface area contributed by atoms with Crippen molar-refractivity contribution in [2.45, 2.75) is 43.8 Å². The number of benzene rings is 2. The Labute approximate surface area is 184 Å². The van der Waals surface area contributed by atoms with Gasteiger partial charge in [-0.2, -0.15) is 16.1 Å². The molecular weight excluding hydrogens is 416 g/mol. The number of nitrogens with zero attached hydrogens (tertiary/aromatic N) is 1. The molecule has 1 amide bonds. The minimum absolute atomic E-state index is 0.203. The highest BCUT2D eigenvalue weighted by molar-refractivity contribution is 7.98. The predicted octanol–water partition coefficient (Wildman–Crippen LogP) is 4.14. The van der Waals surface area contributed by atoms with Gasteiger partial charge in [-0.05, 0) is 55.5 Å². The maximum Gasteiger partial charge on any atom is 0.251 e. The molecule has 0 saturated carbocycles. The van der Waals surface area contributed by atoms with Crippen LogP contribution in [-0.2, 0) is 15.8 Å². The van der Waals surface area contributed by atoms with E-state index >= 15 is 0 Å². The fourth-order valence-corrected chi connectivity index (χ4v) is 6.03. The van der Waals surface area contributed by atoms with Gasteiger partial charge in [-0.1, -0.05) is 36.8 Å². The normalized spacial score (nSPS) is 15.1. The molecule has 7 heteroatoms. The molecule has 0 radical (unpaired) electrons. The van der Waals surface area contributed by atoms with Crippen LogP contribution in [0.25, 0.3) is 0 Å². The number of hydrogen-bond donors (Lipinski definition) is 1. The van der Waals surface area contributed by atoms with Crippen LogP contribution in [0.5, 0.6) is 0 Å². The number of carbonyl (C=O) groups is 1. The second kappa shape index (κ2) is 10.5. The fraction of sp³-hybridized carbons (Fsp3) is 0.435. The molecule has 1 fully saturated rings. The van der Waals surface area contributed by atoms with Crippen molar-refractivity contribution in [3.8, 4) is 0 Å². The molecule has 1 aliphatic rings. The van der Waals surface area contributed by atoms with Gasteiger partial charge in [-0.25, -0.2) is 8.42 Å². The maximum atomic E-state index is 12.9. The lowest BCUT2D eigenvalue weighted by Gasteiger charge is -2.26. The third-order valence-corrected chi connectivity index (χ3v) is 8.36. The fourth-order valence-electron chi connectivity index (χ4n) is 3.55. The summed E-state index contributed by atoms with van der Waals surface area (Å²) in [5.74, 6) is 1.48. The molecule has 30 heavy (non-hydrogen) atoms. The van der Waals surface area contributed by atoms with E-state index in [2.05, 4.69) is 24.4 Å². The summed E-state index contributed by atoms with van der Waals surface area (Å²) >= 11 is 1.77. The van der Waals surface area contributed by atoms with Gasteiger partial charge in [0, 0.05) is 36.7 Å². The quantitative estimate of drug-likeness (QED) is 0.619. The summed E-state index contributed by atoms with van der Waals surface area (Å²) in [5, 5.41) is 2.93. The van der Waals surface area contributed by atoms with Gasteiger partial charge >= 0.3 is 0 Å². The monoisotopic (exact) mass is 446 g/mol. The molecule has 1 N–H and O–H groups in total. The maximum absolute atomic E-state index is 12.9. The molecule has 1 saturated heterocycles. The molecule has 1 heterocycles. The average molecular weight is 447 g/mol. The van der Waals surface area contributed by atoms with E-state index in [9.17, 15) is 13.2 Å². The number of piperidine rings is 1. The molecule has 0 atom stereocenters. The highest BCUT2D eigenvalue weighted by Crippen LogP contribution is 2.23. The van der Waals surface area contributed by atoms with Crippen LogP contribution in [0.3, 0.4) is 0 Å². The topological polar surface area (TPSA) is 66.5 Å². The van der Waals surface area contributed by atoms with Crippen LogP contribution < -0.4 is 5.32 Å². The van der Waals surface area contributed by atoms with Gasteiger partial charge in [-0.3, -0.25) is 4.79 Å². The second-order valence-electron chi connectivity index (χ2n) is 7.68.